The van der Waals surface area contributed by atoms with Gasteiger partial charge in [0.2, 0.25) is 5.91 Å². The minimum atomic E-state index is 0.0600. The van der Waals surface area contributed by atoms with E-state index in [2.05, 4.69) is 64.8 Å². The predicted molar refractivity (Wildman–Crippen MR) is 128 cm³/mol. The molecule has 1 amide bonds. The largest absolute Gasteiger partial charge is 0.372 e. The standard InChI is InChI=1S/C28H32N2O2/c31-28(27-15-8-16-30(20-27)19-23-9-3-1-4-10-23)29-18-25-13-7-14-26(17-25)22-32-21-24-11-5-2-6-12-24/h1-7,9-14,17,27H,8,15-16,18-22H2,(H,29,31). The number of nitrogens with zero attached hydrogens (tertiary/aromatic N) is 1. The zero-order valence-corrected chi connectivity index (χ0v) is 18.6. The molecule has 1 unspecified atom stereocenters. The van der Waals surface area contributed by atoms with E-state index >= 15 is 0 Å². The van der Waals surface area contributed by atoms with E-state index in [1.165, 1.54) is 11.1 Å². The van der Waals surface area contributed by atoms with Crippen molar-refractivity contribution < 1.29 is 9.53 Å². The maximum absolute atomic E-state index is 12.8. The maximum Gasteiger partial charge on any atom is 0.224 e. The lowest BCUT2D eigenvalue weighted by molar-refractivity contribution is -0.126. The van der Waals surface area contributed by atoms with Gasteiger partial charge in [-0.25, -0.2) is 0 Å². The van der Waals surface area contributed by atoms with Gasteiger partial charge in [-0.3, -0.25) is 9.69 Å². The summed E-state index contributed by atoms with van der Waals surface area (Å²) in [4.78, 5) is 15.2. The zero-order chi connectivity index (χ0) is 22.0. The summed E-state index contributed by atoms with van der Waals surface area (Å²) in [5, 5.41) is 3.16. The van der Waals surface area contributed by atoms with Crippen molar-refractivity contribution in [2.75, 3.05) is 13.1 Å². The number of likely N-dealkylation sites (tertiary alicyclic amines) is 1. The number of ether oxygens (including phenoxy) is 1. The molecule has 3 aromatic rings. The first kappa shape index (κ1) is 22.3. The van der Waals surface area contributed by atoms with Crippen molar-refractivity contribution in [1.29, 1.82) is 0 Å². The molecule has 166 valence electrons. The Kier molecular flexibility index (Phi) is 8.07. The Morgan fingerprint density at radius 2 is 1.50 bits per heavy atom. The molecular formula is C28H32N2O2. The Morgan fingerprint density at radius 3 is 2.28 bits per heavy atom. The fourth-order valence-electron chi connectivity index (χ4n) is 4.28. The number of hydrogen-bond donors (Lipinski definition) is 1. The Labute approximate surface area is 191 Å². The molecule has 32 heavy (non-hydrogen) atoms. The van der Waals surface area contributed by atoms with Gasteiger partial charge in [0, 0.05) is 19.6 Å². The van der Waals surface area contributed by atoms with Gasteiger partial charge < -0.3 is 10.1 Å². The van der Waals surface area contributed by atoms with E-state index in [9.17, 15) is 4.79 Å². The highest BCUT2D eigenvalue weighted by Gasteiger charge is 2.25. The summed E-state index contributed by atoms with van der Waals surface area (Å²) in [5.41, 5.74) is 4.71. The minimum Gasteiger partial charge on any atom is -0.372 e. The van der Waals surface area contributed by atoms with Crippen molar-refractivity contribution >= 4 is 5.91 Å². The number of carbonyl (C=O) groups is 1. The first-order valence-corrected chi connectivity index (χ1v) is 11.5. The van der Waals surface area contributed by atoms with E-state index in [4.69, 9.17) is 4.74 Å². The molecule has 3 aromatic carbocycles. The maximum atomic E-state index is 12.8. The fraction of sp³-hybridized carbons (Fsp3) is 0.321. The molecule has 0 spiro atoms. The molecule has 1 fully saturated rings. The lowest BCUT2D eigenvalue weighted by Crippen LogP contribution is -2.42. The number of carbonyl (C=O) groups excluding carboxylic acids is 1. The minimum absolute atomic E-state index is 0.0600. The second kappa shape index (κ2) is 11.6. The van der Waals surface area contributed by atoms with Crippen molar-refractivity contribution in [2.45, 2.75) is 39.1 Å². The Balaban J connectivity index is 1.23. The average Bonchev–Trinajstić information content (AvgIpc) is 2.84. The number of hydrogen-bond acceptors (Lipinski definition) is 3. The molecule has 1 N–H and O–H groups in total. The molecule has 1 atom stereocenters. The highest BCUT2D eigenvalue weighted by atomic mass is 16.5. The van der Waals surface area contributed by atoms with Crippen LogP contribution in [0.4, 0.5) is 0 Å². The van der Waals surface area contributed by atoms with Crippen molar-refractivity contribution in [2.24, 2.45) is 5.92 Å². The van der Waals surface area contributed by atoms with E-state index in [1.807, 2.05) is 30.3 Å². The Morgan fingerprint density at radius 1 is 0.844 bits per heavy atom. The summed E-state index contributed by atoms with van der Waals surface area (Å²) in [6.07, 6.45) is 2.03. The monoisotopic (exact) mass is 428 g/mol. The molecule has 4 rings (SSSR count). The lowest BCUT2D eigenvalue weighted by atomic mass is 9.96. The summed E-state index contributed by atoms with van der Waals surface area (Å²) < 4.78 is 5.85. The van der Waals surface area contributed by atoms with Crippen molar-refractivity contribution in [3.05, 3.63) is 107 Å². The zero-order valence-electron chi connectivity index (χ0n) is 18.6. The second-order valence-corrected chi connectivity index (χ2v) is 8.58. The highest BCUT2D eigenvalue weighted by Crippen LogP contribution is 2.19. The van der Waals surface area contributed by atoms with Crippen LogP contribution in [0, 0.1) is 5.92 Å². The summed E-state index contributed by atoms with van der Waals surface area (Å²) >= 11 is 0. The number of piperidine rings is 1. The van der Waals surface area contributed by atoms with E-state index in [0.717, 1.165) is 43.6 Å². The van der Waals surface area contributed by atoms with Crippen LogP contribution in [0.25, 0.3) is 0 Å². The van der Waals surface area contributed by atoms with Gasteiger partial charge in [0.05, 0.1) is 19.1 Å². The Hall–Kier alpha value is -2.95. The van der Waals surface area contributed by atoms with Gasteiger partial charge in [-0.15, -0.1) is 0 Å². The lowest BCUT2D eigenvalue weighted by Gasteiger charge is -2.32. The third kappa shape index (κ3) is 6.78. The number of benzene rings is 3. The van der Waals surface area contributed by atoms with Crippen LogP contribution in [0.3, 0.4) is 0 Å². The average molecular weight is 429 g/mol. The van der Waals surface area contributed by atoms with Crippen LogP contribution < -0.4 is 5.32 Å². The van der Waals surface area contributed by atoms with Crippen molar-refractivity contribution in [3.63, 3.8) is 0 Å². The normalized spacial score (nSPS) is 16.6. The fourth-order valence-corrected chi connectivity index (χ4v) is 4.28. The molecule has 1 aliphatic heterocycles. The quantitative estimate of drug-likeness (QED) is 0.525. The second-order valence-electron chi connectivity index (χ2n) is 8.58. The molecule has 1 aliphatic rings. The van der Waals surface area contributed by atoms with Crippen molar-refractivity contribution in [3.8, 4) is 0 Å². The van der Waals surface area contributed by atoms with E-state index in [-0.39, 0.29) is 11.8 Å². The smallest absolute Gasteiger partial charge is 0.224 e. The molecule has 0 radical (unpaired) electrons. The summed E-state index contributed by atoms with van der Waals surface area (Å²) in [6, 6.07) is 29.0. The van der Waals surface area contributed by atoms with Crippen LogP contribution in [0.15, 0.2) is 84.9 Å². The van der Waals surface area contributed by atoms with Crippen LogP contribution >= 0.6 is 0 Å². The van der Waals surface area contributed by atoms with Gasteiger partial charge in [0.15, 0.2) is 0 Å². The van der Waals surface area contributed by atoms with Gasteiger partial charge in [-0.1, -0.05) is 84.9 Å². The van der Waals surface area contributed by atoms with Crippen LogP contribution in [-0.4, -0.2) is 23.9 Å². The van der Waals surface area contributed by atoms with Gasteiger partial charge >= 0.3 is 0 Å². The van der Waals surface area contributed by atoms with Gasteiger partial charge in [-0.05, 0) is 41.6 Å². The third-order valence-corrected chi connectivity index (χ3v) is 5.96. The van der Waals surface area contributed by atoms with E-state index in [1.54, 1.807) is 0 Å². The summed E-state index contributed by atoms with van der Waals surface area (Å²) in [7, 11) is 0. The number of rotatable bonds is 9. The topological polar surface area (TPSA) is 41.6 Å². The molecule has 4 nitrogen and oxygen atoms in total. The van der Waals surface area contributed by atoms with Crippen LogP contribution in [0.2, 0.25) is 0 Å². The third-order valence-electron chi connectivity index (χ3n) is 5.96. The van der Waals surface area contributed by atoms with Gasteiger partial charge in [-0.2, -0.15) is 0 Å². The predicted octanol–water partition coefficient (Wildman–Crippen LogP) is 4.93. The highest BCUT2D eigenvalue weighted by molar-refractivity contribution is 5.79. The molecule has 0 bridgehead atoms. The number of nitrogens with one attached hydrogen (secondary N) is 1. The molecule has 1 saturated heterocycles. The summed E-state index contributed by atoms with van der Waals surface area (Å²) in [5.74, 6) is 0.221. The molecule has 4 heteroatoms. The molecule has 0 aliphatic carbocycles. The molecule has 1 heterocycles. The molecule has 0 aromatic heterocycles. The molecular weight excluding hydrogens is 396 g/mol. The van der Waals surface area contributed by atoms with Gasteiger partial charge in [0.1, 0.15) is 0 Å². The van der Waals surface area contributed by atoms with Crippen LogP contribution in [-0.2, 0) is 35.8 Å². The SMILES string of the molecule is O=C(NCc1cccc(COCc2ccccc2)c1)C1CCCN(Cc2ccccc2)C1. The van der Waals surface area contributed by atoms with E-state index < -0.39 is 0 Å². The van der Waals surface area contributed by atoms with E-state index in [0.29, 0.717) is 19.8 Å². The van der Waals surface area contributed by atoms with Gasteiger partial charge in [0.25, 0.3) is 0 Å². The van der Waals surface area contributed by atoms with Crippen LogP contribution in [0.1, 0.15) is 35.1 Å². The van der Waals surface area contributed by atoms with Crippen molar-refractivity contribution in [1.82, 2.24) is 10.2 Å². The Bertz CT molecular complexity index is 975. The first-order valence-electron chi connectivity index (χ1n) is 11.5. The molecule has 0 saturated carbocycles. The summed E-state index contributed by atoms with van der Waals surface area (Å²) in [6.45, 7) is 4.52. The number of amides is 1. The van der Waals surface area contributed by atoms with Crippen LogP contribution in [0.5, 0.6) is 0 Å². The first-order chi connectivity index (χ1) is 15.8.